The summed E-state index contributed by atoms with van der Waals surface area (Å²) in [6, 6.07) is 4.88. The third-order valence-corrected chi connectivity index (χ3v) is 4.25. The van der Waals surface area contributed by atoms with Crippen LogP contribution in [0.5, 0.6) is 40.2 Å². The molecule has 2 aromatic carbocycles. The van der Waals surface area contributed by atoms with Gasteiger partial charge in [-0.3, -0.25) is 24.0 Å². The number of carbonyl (C=O) groups is 5. The molecule has 0 spiro atoms. The summed E-state index contributed by atoms with van der Waals surface area (Å²) in [5.74, 6) is -4.58. The Kier molecular flexibility index (Phi) is 8.73. The molecule has 0 heterocycles. The largest absolute Gasteiger partial charge is 0.448 e. The molecule has 0 N–H and O–H groups in total. The van der Waals surface area contributed by atoms with E-state index in [9.17, 15) is 24.0 Å². The van der Waals surface area contributed by atoms with Crippen LogP contribution in [0.1, 0.15) is 34.6 Å². The predicted octanol–water partition coefficient (Wildman–Crippen LogP) is 3.87. The maximum atomic E-state index is 11.7. The number of rotatable bonds is 7. The Morgan fingerprint density at radius 3 is 1.24 bits per heavy atom. The summed E-state index contributed by atoms with van der Waals surface area (Å²) in [6.07, 6.45) is 0. The van der Waals surface area contributed by atoms with E-state index in [1.807, 2.05) is 0 Å². The fourth-order valence-electron chi connectivity index (χ4n) is 2.53. The Hall–Kier alpha value is -3.93. The van der Waals surface area contributed by atoms with Gasteiger partial charge in [-0.05, 0) is 15.9 Å². The van der Waals surface area contributed by atoms with Gasteiger partial charge in [-0.1, -0.05) is 0 Å². The molecule has 0 saturated heterocycles. The van der Waals surface area contributed by atoms with Crippen LogP contribution in [0.4, 0.5) is 0 Å². The van der Waals surface area contributed by atoms with E-state index < -0.39 is 29.8 Å². The molecule has 0 saturated carbocycles. The Balaban J connectivity index is 2.72. The monoisotopic (exact) mass is 538 g/mol. The number of halogens is 1. The van der Waals surface area contributed by atoms with E-state index in [0.717, 1.165) is 27.7 Å². The normalized spacial score (nSPS) is 10.1. The first-order chi connectivity index (χ1) is 15.8. The molecular weight excluding hydrogens is 520 g/mol. The van der Waals surface area contributed by atoms with Crippen molar-refractivity contribution < 1.29 is 52.4 Å². The van der Waals surface area contributed by atoms with Crippen molar-refractivity contribution >= 4 is 45.8 Å². The van der Waals surface area contributed by atoms with Crippen LogP contribution in [0, 0.1) is 0 Å². The van der Waals surface area contributed by atoms with E-state index in [1.165, 1.54) is 31.2 Å². The zero-order chi connectivity index (χ0) is 25.6. The molecule has 34 heavy (non-hydrogen) atoms. The minimum Gasteiger partial charge on any atom is -0.448 e. The van der Waals surface area contributed by atoms with E-state index in [1.54, 1.807) is 0 Å². The van der Waals surface area contributed by atoms with Gasteiger partial charge in [0, 0.05) is 58.9 Å². The molecule has 2 aromatic rings. The highest BCUT2D eigenvalue weighted by atomic mass is 79.9. The van der Waals surface area contributed by atoms with Crippen molar-refractivity contribution in [3.05, 3.63) is 28.7 Å². The highest BCUT2D eigenvalue weighted by Gasteiger charge is 2.23. The third kappa shape index (κ3) is 7.59. The summed E-state index contributed by atoms with van der Waals surface area (Å²) in [7, 11) is 0. The van der Waals surface area contributed by atoms with Crippen molar-refractivity contribution in [3.8, 4) is 40.2 Å². The summed E-state index contributed by atoms with van der Waals surface area (Å²) >= 11 is 3.24. The maximum Gasteiger partial charge on any atom is 0.308 e. The first-order valence-electron chi connectivity index (χ1n) is 9.47. The predicted molar refractivity (Wildman–Crippen MR) is 117 cm³/mol. The molecule has 0 aliphatic carbocycles. The molecule has 0 amide bonds. The van der Waals surface area contributed by atoms with E-state index in [-0.39, 0.29) is 44.7 Å². The van der Waals surface area contributed by atoms with Crippen LogP contribution in [0.2, 0.25) is 0 Å². The molecular formula is C22H19BrO11. The Bertz CT molecular complexity index is 1130. The summed E-state index contributed by atoms with van der Waals surface area (Å²) in [5.41, 5.74) is 0. The molecule has 11 nitrogen and oxygen atoms in total. The van der Waals surface area contributed by atoms with Gasteiger partial charge in [0.1, 0.15) is 21.7 Å². The summed E-state index contributed by atoms with van der Waals surface area (Å²) in [6.45, 7) is 5.71. The molecule has 0 aliphatic rings. The third-order valence-electron chi connectivity index (χ3n) is 3.47. The zero-order valence-corrected chi connectivity index (χ0v) is 20.3. The lowest BCUT2D eigenvalue weighted by Gasteiger charge is -2.18. The number of hydrogen-bond acceptors (Lipinski definition) is 11. The molecule has 2 rings (SSSR count). The van der Waals surface area contributed by atoms with E-state index in [2.05, 4.69) is 15.9 Å². The van der Waals surface area contributed by atoms with Gasteiger partial charge in [0.15, 0.2) is 17.2 Å². The maximum absolute atomic E-state index is 11.7. The fraction of sp³-hybridized carbons (Fsp3) is 0.227. The number of benzene rings is 2. The van der Waals surface area contributed by atoms with Crippen molar-refractivity contribution in [2.75, 3.05) is 0 Å². The lowest BCUT2D eigenvalue weighted by Crippen LogP contribution is -2.09. The first kappa shape index (κ1) is 26.3. The molecule has 0 aromatic heterocycles. The molecule has 12 heteroatoms. The molecule has 0 atom stereocenters. The van der Waals surface area contributed by atoms with Crippen molar-refractivity contribution in [1.29, 1.82) is 0 Å². The topological polar surface area (TPSA) is 141 Å². The highest BCUT2D eigenvalue weighted by molar-refractivity contribution is 9.10. The zero-order valence-electron chi connectivity index (χ0n) is 18.7. The average molecular weight is 539 g/mol. The van der Waals surface area contributed by atoms with Crippen molar-refractivity contribution in [2.45, 2.75) is 34.6 Å². The molecule has 0 radical (unpaired) electrons. The van der Waals surface area contributed by atoms with Crippen LogP contribution in [0.15, 0.2) is 28.7 Å². The van der Waals surface area contributed by atoms with E-state index in [0.29, 0.717) is 0 Å². The van der Waals surface area contributed by atoms with Crippen LogP contribution < -0.4 is 28.4 Å². The van der Waals surface area contributed by atoms with Crippen molar-refractivity contribution in [2.24, 2.45) is 0 Å². The molecule has 0 bridgehead atoms. The van der Waals surface area contributed by atoms with Gasteiger partial charge in [-0.15, -0.1) is 0 Å². The van der Waals surface area contributed by atoms with Crippen molar-refractivity contribution in [1.82, 2.24) is 0 Å². The quantitative estimate of drug-likeness (QED) is 0.374. The standard InChI is InChI=1S/C22H19BrO11/c1-10(24)29-15-6-17(31-12(3)26)21(23)18(7-15)34-22-19(32-13(4)27)8-16(30-11(2)25)9-20(22)33-14(5)28/h6-9H,1-5H3. The second-order valence-corrected chi connectivity index (χ2v) is 7.35. The van der Waals surface area contributed by atoms with E-state index >= 15 is 0 Å². The summed E-state index contributed by atoms with van der Waals surface area (Å²) < 4.78 is 31.5. The van der Waals surface area contributed by atoms with Gasteiger partial charge in [-0.25, -0.2) is 0 Å². The van der Waals surface area contributed by atoms with Crippen molar-refractivity contribution in [3.63, 3.8) is 0 Å². The minimum atomic E-state index is -0.757. The van der Waals surface area contributed by atoms with E-state index in [4.69, 9.17) is 28.4 Å². The first-order valence-corrected chi connectivity index (χ1v) is 10.3. The lowest BCUT2D eigenvalue weighted by atomic mass is 10.2. The Labute approximate surface area is 201 Å². The SMILES string of the molecule is CC(=O)Oc1cc(OC(C)=O)c(Br)c(Oc2c(OC(C)=O)cc(OC(C)=O)cc2OC(C)=O)c1. The van der Waals surface area contributed by atoms with Crippen LogP contribution in [0.25, 0.3) is 0 Å². The molecule has 0 fully saturated rings. The summed E-state index contributed by atoms with van der Waals surface area (Å²) in [5, 5.41) is 0. The number of hydrogen-bond donors (Lipinski definition) is 0. The second-order valence-electron chi connectivity index (χ2n) is 6.55. The second kappa shape index (κ2) is 11.3. The van der Waals surface area contributed by atoms with Gasteiger partial charge in [0.25, 0.3) is 0 Å². The number of carbonyl (C=O) groups excluding carboxylic acids is 5. The number of ether oxygens (including phenoxy) is 6. The summed E-state index contributed by atoms with van der Waals surface area (Å²) in [4.78, 5) is 57.7. The fourth-order valence-corrected chi connectivity index (χ4v) is 2.92. The van der Waals surface area contributed by atoms with Gasteiger partial charge >= 0.3 is 29.8 Å². The average Bonchev–Trinajstić information content (AvgIpc) is 2.65. The lowest BCUT2D eigenvalue weighted by molar-refractivity contribution is -0.133. The van der Waals surface area contributed by atoms with Crippen LogP contribution in [0.3, 0.4) is 0 Å². The number of esters is 5. The Morgan fingerprint density at radius 1 is 0.529 bits per heavy atom. The minimum absolute atomic E-state index is 0.0402. The van der Waals surface area contributed by atoms with Gasteiger partial charge in [0.05, 0.1) is 0 Å². The van der Waals surface area contributed by atoms with Crippen LogP contribution in [-0.4, -0.2) is 29.8 Å². The van der Waals surface area contributed by atoms with Crippen LogP contribution in [-0.2, 0) is 24.0 Å². The van der Waals surface area contributed by atoms with Crippen LogP contribution >= 0.6 is 15.9 Å². The van der Waals surface area contributed by atoms with Gasteiger partial charge < -0.3 is 28.4 Å². The van der Waals surface area contributed by atoms with Gasteiger partial charge in [-0.2, -0.15) is 0 Å². The highest BCUT2D eigenvalue weighted by Crippen LogP contribution is 2.48. The molecule has 0 unspecified atom stereocenters. The molecule has 0 aliphatic heterocycles. The molecule has 180 valence electrons. The Morgan fingerprint density at radius 2 is 0.853 bits per heavy atom. The smallest absolute Gasteiger partial charge is 0.308 e. The van der Waals surface area contributed by atoms with Gasteiger partial charge in [0.2, 0.25) is 5.75 Å².